The first-order valence-electron chi connectivity index (χ1n) is 22.3. The van der Waals surface area contributed by atoms with Crippen LogP contribution >= 0.6 is 0 Å². The van der Waals surface area contributed by atoms with Crippen molar-refractivity contribution in [2.75, 3.05) is 55.9 Å². The van der Waals surface area contributed by atoms with Gasteiger partial charge in [-0.25, -0.2) is 22.1 Å². The monoisotopic (exact) mass is 874 g/mol. The minimum absolute atomic E-state index is 0.0337. The van der Waals surface area contributed by atoms with Gasteiger partial charge in [0.2, 0.25) is 10.0 Å². The lowest BCUT2D eigenvalue weighted by molar-refractivity contribution is -0.0788. The van der Waals surface area contributed by atoms with E-state index in [4.69, 9.17) is 25.7 Å². The Morgan fingerprint density at radius 2 is 1.26 bits per heavy atom. The summed E-state index contributed by atoms with van der Waals surface area (Å²) < 4.78 is 64.9. The lowest BCUT2D eigenvalue weighted by Crippen LogP contribution is -2.34. The van der Waals surface area contributed by atoms with Gasteiger partial charge in [0.25, 0.3) is 0 Å². The second kappa shape index (κ2) is 23.7. The fraction of sp³-hybridized carbons (Fsp3) is 0.510. The second-order valence-corrected chi connectivity index (χ2v) is 20.0. The summed E-state index contributed by atoms with van der Waals surface area (Å²) in [5.41, 5.74) is 21.3. The number of hydrogen-bond donors (Lipinski definition) is 4. The molecular formula is C49H70N4O6S2. The Bertz CT molecular complexity index is 2100. The number of benzene rings is 4. The highest BCUT2D eigenvalue weighted by Gasteiger charge is 2.36. The first kappa shape index (κ1) is 48.4. The molecule has 1 aliphatic carbocycles. The normalized spacial score (nSPS) is 17.0. The van der Waals surface area contributed by atoms with E-state index in [0.717, 1.165) is 96.1 Å². The molecule has 0 heterocycles. The highest BCUT2D eigenvalue weighted by atomic mass is 32.2. The van der Waals surface area contributed by atoms with Crippen LogP contribution in [0.4, 0.5) is 11.4 Å². The van der Waals surface area contributed by atoms with Crippen molar-refractivity contribution in [1.82, 2.24) is 9.44 Å². The Morgan fingerprint density at radius 3 is 1.79 bits per heavy atom. The molecule has 0 saturated heterocycles. The summed E-state index contributed by atoms with van der Waals surface area (Å²) in [7, 11) is -4.69. The molecule has 4 aromatic rings. The largest absolute Gasteiger partial charge is 0.399 e. The van der Waals surface area contributed by atoms with Crippen molar-refractivity contribution in [3.8, 4) is 33.4 Å². The van der Waals surface area contributed by atoms with Crippen LogP contribution in [0.2, 0.25) is 0 Å². The van der Waals surface area contributed by atoms with Crippen LogP contribution in [0.15, 0.2) is 84.9 Å². The third-order valence-electron chi connectivity index (χ3n) is 11.9. The number of sulfonamides is 1. The van der Waals surface area contributed by atoms with Crippen LogP contribution in [0.1, 0.15) is 116 Å². The molecule has 12 heteroatoms. The Labute approximate surface area is 368 Å². The third kappa shape index (κ3) is 14.5. The summed E-state index contributed by atoms with van der Waals surface area (Å²) in [6.45, 7) is 13.2. The molecule has 10 nitrogen and oxygen atoms in total. The van der Waals surface area contributed by atoms with Crippen molar-refractivity contribution >= 4 is 32.4 Å². The topological polar surface area (TPSA) is 155 Å². The Hall–Kier alpha value is -3.62. The number of hydrogen-bond acceptors (Lipinski definition) is 8. The van der Waals surface area contributed by atoms with Crippen LogP contribution in [0.3, 0.4) is 0 Å². The van der Waals surface area contributed by atoms with E-state index in [1.54, 1.807) is 0 Å². The van der Waals surface area contributed by atoms with Gasteiger partial charge in [0, 0.05) is 50.0 Å². The van der Waals surface area contributed by atoms with Gasteiger partial charge in [-0.15, -0.1) is 0 Å². The van der Waals surface area contributed by atoms with E-state index < -0.39 is 33.2 Å². The van der Waals surface area contributed by atoms with Gasteiger partial charge >= 0.3 is 0 Å². The molecule has 5 unspecified atom stereocenters. The van der Waals surface area contributed by atoms with Crippen molar-refractivity contribution in [2.24, 2.45) is 5.92 Å². The number of nitrogen functional groups attached to an aromatic ring is 2. The van der Waals surface area contributed by atoms with E-state index >= 15 is 0 Å². The molecule has 0 aromatic heterocycles. The summed E-state index contributed by atoms with van der Waals surface area (Å²) in [6.07, 6.45) is 6.47. The zero-order valence-electron chi connectivity index (χ0n) is 37.0. The first-order valence-corrected chi connectivity index (χ1v) is 25.3. The van der Waals surface area contributed by atoms with Crippen molar-refractivity contribution in [2.45, 2.75) is 110 Å². The van der Waals surface area contributed by atoms with E-state index in [-0.39, 0.29) is 18.0 Å². The minimum Gasteiger partial charge on any atom is -0.399 e. The molecule has 0 amide bonds. The quantitative estimate of drug-likeness (QED) is 0.0341. The van der Waals surface area contributed by atoms with Gasteiger partial charge in [-0.2, -0.15) is 0 Å². The highest BCUT2D eigenvalue weighted by molar-refractivity contribution is 7.89. The van der Waals surface area contributed by atoms with Gasteiger partial charge in [-0.3, -0.25) is 0 Å². The van der Waals surface area contributed by atoms with E-state index in [0.29, 0.717) is 55.6 Å². The van der Waals surface area contributed by atoms with Crippen LogP contribution < -0.4 is 20.9 Å². The number of nitrogens with two attached hydrogens (primary N) is 2. The van der Waals surface area contributed by atoms with Gasteiger partial charge in [0.05, 0.1) is 22.3 Å². The third-order valence-corrected chi connectivity index (χ3v) is 14.6. The standard InChI is InChI=1S/C49H70N4O6S2/c1-6-9-10-27-53-61(55,56)33-12-30-58-48-46-35-40(38-15-21-42(51)22-16-38)18-24-44(46)43-23-17-39(37-13-19-41(50)20-14-37)34-45(43)47(48)57-29-11-32-60(54)52-28-26-49(5,8-3)59-31-25-36(4)7-2/h13-24,34-36,47-48,52-53H,6-12,25-33,50-51H2,1-5H3. The SMILES string of the molecule is CCCCCNS(=O)(=O)CCCOC1c2cc(-c3ccc(N)cc3)ccc2-c2ccc(-c3ccc(N)cc3)cc2C1OCCCS(=O)NCCC(C)(CC)OCCC(C)CC. The number of rotatable bonds is 27. The van der Waals surface area contributed by atoms with Crippen LogP contribution in [-0.2, 0) is 35.2 Å². The van der Waals surface area contributed by atoms with Crippen LogP contribution in [0.25, 0.3) is 33.4 Å². The average Bonchev–Trinajstić information content (AvgIpc) is 3.25. The van der Waals surface area contributed by atoms with Crippen LogP contribution in [0.5, 0.6) is 0 Å². The Balaban J connectivity index is 1.36. The zero-order valence-corrected chi connectivity index (χ0v) is 38.7. The average molecular weight is 875 g/mol. The van der Waals surface area contributed by atoms with E-state index in [1.807, 2.05) is 48.5 Å². The molecule has 0 fully saturated rings. The summed E-state index contributed by atoms with van der Waals surface area (Å²) in [5, 5.41) is 0. The minimum atomic E-state index is -3.45. The van der Waals surface area contributed by atoms with E-state index in [9.17, 15) is 12.6 Å². The van der Waals surface area contributed by atoms with Crippen molar-refractivity contribution < 1.29 is 26.8 Å². The number of nitrogens with one attached hydrogen (secondary N) is 2. The predicted octanol–water partition coefficient (Wildman–Crippen LogP) is 10.1. The first-order chi connectivity index (χ1) is 29.3. The zero-order chi connectivity index (χ0) is 43.8. The summed E-state index contributed by atoms with van der Waals surface area (Å²) >= 11 is 0. The molecule has 5 rings (SSSR count). The highest BCUT2D eigenvalue weighted by Crippen LogP contribution is 2.50. The van der Waals surface area contributed by atoms with Crippen molar-refractivity contribution in [3.63, 3.8) is 0 Å². The second-order valence-electron chi connectivity index (χ2n) is 16.7. The molecule has 0 bridgehead atoms. The molecule has 334 valence electrons. The van der Waals surface area contributed by atoms with Gasteiger partial charge < -0.3 is 25.7 Å². The van der Waals surface area contributed by atoms with Gasteiger partial charge in [-0.05, 0) is 132 Å². The molecule has 5 atom stereocenters. The summed E-state index contributed by atoms with van der Waals surface area (Å²) in [4.78, 5) is 0. The summed E-state index contributed by atoms with van der Waals surface area (Å²) in [5.74, 6) is 1.03. The molecule has 1 aliphatic rings. The molecule has 4 aromatic carbocycles. The Kier molecular flexibility index (Phi) is 18.8. The predicted molar refractivity (Wildman–Crippen MR) is 254 cm³/mol. The molecule has 0 saturated carbocycles. The van der Waals surface area contributed by atoms with Crippen LogP contribution in [0, 0.1) is 5.92 Å². The van der Waals surface area contributed by atoms with E-state index in [2.05, 4.69) is 80.5 Å². The van der Waals surface area contributed by atoms with Gasteiger partial charge in [-0.1, -0.05) is 95.5 Å². The fourth-order valence-corrected chi connectivity index (χ4v) is 9.53. The molecule has 0 aliphatic heterocycles. The molecular weight excluding hydrogens is 805 g/mol. The fourth-order valence-electron chi connectivity index (χ4n) is 7.58. The lowest BCUT2D eigenvalue weighted by Gasteiger charge is -2.36. The number of anilines is 2. The van der Waals surface area contributed by atoms with Gasteiger partial charge in [0.15, 0.2) is 0 Å². The van der Waals surface area contributed by atoms with Gasteiger partial charge in [0.1, 0.15) is 12.2 Å². The maximum atomic E-state index is 13.2. The Morgan fingerprint density at radius 1 is 0.721 bits per heavy atom. The number of fused-ring (bicyclic) bond motifs is 3. The maximum Gasteiger partial charge on any atom is 0.211 e. The molecule has 0 radical (unpaired) electrons. The number of ether oxygens (including phenoxy) is 3. The lowest BCUT2D eigenvalue weighted by atomic mass is 9.79. The molecule has 61 heavy (non-hydrogen) atoms. The molecule has 6 N–H and O–H groups in total. The maximum absolute atomic E-state index is 13.2. The smallest absolute Gasteiger partial charge is 0.211 e. The van der Waals surface area contributed by atoms with Crippen molar-refractivity contribution in [1.29, 1.82) is 0 Å². The molecule has 0 spiro atoms. The van der Waals surface area contributed by atoms with Crippen molar-refractivity contribution in [3.05, 3.63) is 96.1 Å². The van der Waals surface area contributed by atoms with Crippen LogP contribution in [-0.4, -0.2) is 62.6 Å². The summed E-state index contributed by atoms with van der Waals surface area (Å²) in [6, 6.07) is 28.4. The van der Waals surface area contributed by atoms with E-state index in [1.165, 1.54) is 0 Å². The number of unbranched alkanes of at least 4 members (excludes halogenated alkanes) is 2.